The summed E-state index contributed by atoms with van der Waals surface area (Å²) in [5.74, 6) is -1.13. The van der Waals surface area contributed by atoms with E-state index < -0.39 is 23.7 Å². The molecule has 0 radical (unpaired) electrons. The van der Waals surface area contributed by atoms with E-state index in [0.29, 0.717) is 11.3 Å². The molecular weight excluding hydrogens is 306 g/mol. The molecule has 0 aliphatic heterocycles. The van der Waals surface area contributed by atoms with Gasteiger partial charge in [-0.15, -0.1) is 0 Å². The van der Waals surface area contributed by atoms with Crippen LogP contribution in [0.4, 0.5) is 10.5 Å². The Bertz CT molecular complexity index is 692. The fraction of sp³-hybridized carbons (Fsp3) is 0.263. The lowest BCUT2D eigenvalue weighted by molar-refractivity contribution is -0.138. The first kappa shape index (κ1) is 17.5. The van der Waals surface area contributed by atoms with Crippen molar-refractivity contribution in [3.05, 3.63) is 66.2 Å². The van der Waals surface area contributed by atoms with E-state index in [1.807, 2.05) is 0 Å². The van der Waals surface area contributed by atoms with E-state index in [9.17, 15) is 14.7 Å². The highest BCUT2D eigenvalue weighted by atomic mass is 16.6. The number of hydrogen-bond acceptors (Lipinski definition) is 3. The minimum atomic E-state index is -1.18. The maximum absolute atomic E-state index is 12.7. The molecule has 24 heavy (non-hydrogen) atoms. The summed E-state index contributed by atoms with van der Waals surface area (Å²) in [6.45, 7) is 5.23. The van der Waals surface area contributed by atoms with Gasteiger partial charge in [0.1, 0.15) is 5.60 Å². The fourth-order valence-corrected chi connectivity index (χ4v) is 2.30. The molecule has 0 saturated heterocycles. The summed E-state index contributed by atoms with van der Waals surface area (Å²) >= 11 is 0. The third-order valence-electron chi connectivity index (χ3n) is 3.23. The Kier molecular flexibility index (Phi) is 5.24. The van der Waals surface area contributed by atoms with Crippen molar-refractivity contribution in [2.75, 3.05) is 4.90 Å². The van der Waals surface area contributed by atoms with Gasteiger partial charge in [-0.05, 0) is 38.5 Å². The number of aliphatic carboxylic acids is 1. The number of hydrogen-bond donors (Lipinski definition) is 1. The second-order valence-electron chi connectivity index (χ2n) is 6.34. The van der Waals surface area contributed by atoms with Gasteiger partial charge < -0.3 is 9.84 Å². The molecule has 0 aliphatic carbocycles. The van der Waals surface area contributed by atoms with Gasteiger partial charge in [0.25, 0.3) is 0 Å². The first-order valence-corrected chi connectivity index (χ1v) is 7.64. The van der Waals surface area contributed by atoms with Crippen molar-refractivity contribution in [3.8, 4) is 0 Å². The second kappa shape index (κ2) is 7.17. The molecule has 2 aromatic carbocycles. The number of anilines is 1. The molecule has 0 heterocycles. The number of para-hydroxylation sites is 1. The highest BCUT2D eigenvalue weighted by Gasteiger charge is 2.35. The van der Waals surface area contributed by atoms with Gasteiger partial charge >= 0.3 is 12.1 Å². The molecular formula is C19H21NO4. The lowest BCUT2D eigenvalue weighted by Gasteiger charge is -2.31. The van der Waals surface area contributed by atoms with Gasteiger partial charge in [-0.3, -0.25) is 4.90 Å². The number of rotatable bonds is 4. The highest BCUT2D eigenvalue weighted by molar-refractivity contribution is 5.96. The zero-order valence-corrected chi connectivity index (χ0v) is 14.0. The van der Waals surface area contributed by atoms with E-state index in [2.05, 4.69) is 0 Å². The number of carbonyl (C=O) groups excluding carboxylic acids is 1. The van der Waals surface area contributed by atoms with Crippen LogP contribution in [0.5, 0.6) is 0 Å². The number of carboxylic acids is 1. The van der Waals surface area contributed by atoms with Gasteiger partial charge in [-0.2, -0.15) is 0 Å². The fourth-order valence-electron chi connectivity index (χ4n) is 2.30. The molecule has 0 bridgehead atoms. The zero-order valence-electron chi connectivity index (χ0n) is 14.0. The minimum Gasteiger partial charge on any atom is -0.479 e. The number of carbonyl (C=O) groups is 2. The van der Waals surface area contributed by atoms with E-state index in [4.69, 9.17) is 4.74 Å². The quantitative estimate of drug-likeness (QED) is 0.911. The molecule has 0 saturated carbocycles. The van der Waals surface area contributed by atoms with Crippen molar-refractivity contribution in [1.82, 2.24) is 0 Å². The topological polar surface area (TPSA) is 66.8 Å². The predicted octanol–water partition coefficient (Wildman–Crippen LogP) is 4.25. The van der Waals surface area contributed by atoms with Gasteiger partial charge in [-0.1, -0.05) is 48.5 Å². The van der Waals surface area contributed by atoms with E-state index >= 15 is 0 Å². The van der Waals surface area contributed by atoms with Crippen LogP contribution < -0.4 is 4.90 Å². The van der Waals surface area contributed by atoms with Crippen molar-refractivity contribution in [3.63, 3.8) is 0 Å². The predicted molar refractivity (Wildman–Crippen MR) is 92.0 cm³/mol. The molecule has 1 atom stereocenters. The Balaban J connectivity index is 2.51. The maximum Gasteiger partial charge on any atom is 0.415 e. The van der Waals surface area contributed by atoms with Gasteiger partial charge in [0.05, 0.1) is 0 Å². The second-order valence-corrected chi connectivity index (χ2v) is 6.34. The largest absolute Gasteiger partial charge is 0.479 e. The number of carboxylic acid groups (broad SMARTS) is 1. The summed E-state index contributed by atoms with van der Waals surface area (Å²) in [5.41, 5.74) is 0.229. The molecule has 0 aliphatic rings. The van der Waals surface area contributed by atoms with Crippen LogP contribution in [0.1, 0.15) is 32.4 Å². The van der Waals surface area contributed by atoms with Crippen LogP contribution in [0, 0.1) is 0 Å². The molecule has 5 nitrogen and oxygen atoms in total. The van der Waals surface area contributed by atoms with Crippen molar-refractivity contribution in [1.29, 1.82) is 0 Å². The van der Waals surface area contributed by atoms with Gasteiger partial charge in [0, 0.05) is 5.69 Å². The minimum absolute atomic E-state index is 0.461. The summed E-state index contributed by atoms with van der Waals surface area (Å²) in [7, 11) is 0. The Morgan fingerprint density at radius 3 is 1.92 bits per heavy atom. The van der Waals surface area contributed by atoms with Crippen LogP contribution in [0.25, 0.3) is 0 Å². The molecule has 5 heteroatoms. The lowest BCUT2D eigenvalue weighted by atomic mass is 10.0. The van der Waals surface area contributed by atoms with Crippen LogP contribution in [-0.4, -0.2) is 22.8 Å². The van der Waals surface area contributed by atoms with Crippen LogP contribution >= 0.6 is 0 Å². The van der Waals surface area contributed by atoms with E-state index in [-0.39, 0.29) is 0 Å². The maximum atomic E-state index is 12.7. The monoisotopic (exact) mass is 327 g/mol. The Morgan fingerprint density at radius 1 is 0.958 bits per heavy atom. The summed E-state index contributed by atoms with van der Waals surface area (Å²) < 4.78 is 5.43. The van der Waals surface area contributed by atoms with Gasteiger partial charge in [0.15, 0.2) is 6.04 Å². The zero-order chi connectivity index (χ0) is 17.7. The summed E-state index contributed by atoms with van der Waals surface area (Å²) in [6, 6.07) is 16.1. The number of amides is 1. The SMILES string of the molecule is CC(C)(C)OC(=O)N(c1ccccc1)C(C(=O)O)c1ccccc1. The Morgan fingerprint density at radius 2 is 1.46 bits per heavy atom. The van der Waals surface area contributed by atoms with E-state index in [0.717, 1.165) is 0 Å². The van der Waals surface area contributed by atoms with Crippen LogP contribution in [-0.2, 0) is 9.53 Å². The summed E-state index contributed by atoms with van der Waals surface area (Å²) in [6.07, 6.45) is -0.704. The molecule has 126 valence electrons. The van der Waals surface area contributed by atoms with Crippen molar-refractivity contribution >= 4 is 17.7 Å². The van der Waals surface area contributed by atoms with Gasteiger partial charge in [-0.25, -0.2) is 9.59 Å². The third-order valence-corrected chi connectivity index (χ3v) is 3.23. The molecule has 0 aromatic heterocycles. The van der Waals surface area contributed by atoms with Gasteiger partial charge in [0.2, 0.25) is 0 Å². The molecule has 2 aromatic rings. The van der Waals surface area contributed by atoms with Crippen LogP contribution in [0.15, 0.2) is 60.7 Å². The van der Waals surface area contributed by atoms with Crippen LogP contribution in [0.2, 0.25) is 0 Å². The summed E-state index contributed by atoms with van der Waals surface area (Å²) in [4.78, 5) is 25.8. The number of ether oxygens (including phenoxy) is 1. The molecule has 2 rings (SSSR count). The average molecular weight is 327 g/mol. The molecule has 1 unspecified atom stereocenters. The smallest absolute Gasteiger partial charge is 0.415 e. The lowest BCUT2D eigenvalue weighted by Crippen LogP contribution is -2.42. The Hall–Kier alpha value is -2.82. The third kappa shape index (κ3) is 4.35. The van der Waals surface area contributed by atoms with Crippen LogP contribution in [0.3, 0.4) is 0 Å². The standard InChI is InChI=1S/C19H21NO4/c1-19(2,3)24-18(23)20(15-12-8-5-9-13-15)16(17(21)22)14-10-6-4-7-11-14/h4-13,16H,1-3H3,(H,21,22). The van der Waals surface area contributed by atoms with Crippen molar-refractivity contribution in [2.24, 2.45) is 0 Å². The average Bonchev–Trinajstić information content (AvgIpc) is 2.52. The van der Waals surface area contributed by atoms with E-state index in [1.165, 1.54) is 4.90 Å². The Labute approximate surface area is 141 Å². The molecule has 1 amide bonds. The molecule has 1 N–H and O–H groups in total. The normalized spacial score (nSPS) is 12.3. The van der Waals surface area contributed by atoms with Crippen molar-refractivity contribution < 1.29 is 19.4 Å². The number of benzene rings is 2. The first-order valence-electron chi connectivity index (χ1n) is 7.64. The molecule has 0 fully saturated rings. The van der Waals surface area contributed by atoms with E-state index in [1.54, 1.807) is 81.4 Å². The first-order chi connectivity index (χ1) is 11.3. The summed E-state index contributed by atoms with van der Waals surface area (Å²) in [5, 5.41) is 9.76. The number of nitrogens with zero attached hydrogens (tertiary/aromatic N) is 1. The highest BCUT2D eigenvalue weighted by Crippen LogP contribution is 2.29. The van der Waals surface area contributed by atoms with Crippen molar-refractivity contribution in [2.45, 2.75) is 32.4 Å². The molecule has 0 spiro atoms.